The van der Waals surface area contributed by atoms with Gasteiger partial charge >= 0.3 is 5.97 Å². The minimum Gasteiger partial charge on any atom is -0.496 e. The average molecular weight is 480 g/mol. The lowest BCUT2D eigenvalue weighted by Gasteiger charge is -2.13. The highest BCUT2D eigenvalue weighted by atomic mass is 32.2. The molecule has 2 aromatic heterocycles. The third-order valence-corrected chi connectivity index (χ3v) is 6.06. The fourth-order valence-electron chi connectivity index (χ4n) is 3.52. The second-order valence-electron chi connectivity index (χ2n) is 7.23. The molecule has 0 aliphatic heterocycles. The zero-order valence-electron chi connectivity index (χ0n) is 19.4. The molecule has 0 bridgehead atoms. The van der Waals surface area contributed by atoms with Gasteiger partial charge in [0.25, 0.3) is 0 Å². The molecule has 0 aliphatic carbocycles. The van der Waals surface area contributed by atoms with Crippen LogP contribution >= 0.6 is 11.8 Å². The number of thioether (sulfide) groups is 1. The standard InChI is InChI=1S/C25H25N3O5S/c1-5-32-18-12-10-17(11-13-18)28-23(20-8-6-7-9-22(20)30-3)26-27-25(28)34-15-19-14-21(16(2)33-19)24(29)31-4/h6-14H,5,15H2,1-4H3. The molecule has 0 fully saturated rings. The normalized spacial score (nSPS) is 10.8. The van der Waals surface area contributed by atoms with Crippen molar-refractivity contribution in [2.45, 2.75) is 24.8 Å². The van der Waals surface area contributed by atoms with Gasteiger partial charge in [-0.25, -0.2) is 4.79 Å². The van der Waals surface area contributed by atoms with Crippen LogP contribution in [0.1, 0.15) is 28.8 Å². The van der Waals surface area contributed by atoms with Gasteiger partial charge in [-0.15, -0.1) is 10.2 Å². The lowest BCUT2D eigenvalue weighted by molar-refractivity contribution is 0.0599. The third-order valence-electron chi connectivity index (χ3n) is 5.10. The van der Waals surface area contributed by atoms with Gasteiger partial charge in [-0.1, -0.05) is 23.9 Å². The summed E-state index contributed by atoms with van der Waals surface area (Å²) in [7, 11) is 2.98. The summed E-state index contributed by atoms with van der Waals surface area (Å²) in [5.41, 5.74) is 2.11. The van der Waals surface area contributed by atoms with Crippen LogP contribution in [0, 0.1) is 6.92 Å². The van der Waals surface area contributed by atoms with Crippen LogP contribution in [0.25, 0.3) is 17.1 Å². The van der Waals surface area contributed by atoms with Gasteiger partial charge < -0.3 is 18.6 Å². The molecular formula is C25H25N3O5S. The number of esters is 1. The Kier molecular flexibility index (Phi) is 7.22. The van der Waals surface area contributed by atoms with Crippen LogP contribution in [0.15, 0.2) is 64.2 Å². The largest absolute Gasteiger partial charge is 0.496 e. The molecule has 0 saturated carbocycles. The van der Waals surface area contributed by atoms with Crippen molar-refractivity contribution in [3.8, 4) is 28.6 Å². The Labute approximate surface area is 201 Å². The number of carbonyl (C=O) groups excluding carboxylic acids is 1. The highest BCUT2D eigenvalue weighted by Gasteiger charge is 2.21. The predicted molar refractivity (Wildman–Crippen MR) is 129 cm³/mol. The Morgan fingerprint density at radius 2 is 1.85 bits per heavy atom. The molecule has 4 aromatic rings. The van der Waals surface area contributed by atoms with Crippen LogP contribution in [0.2, 0.25) is 0 Å². The Hall–Kier alpha value is -3.72. The van der Waals surface area contributed by atoms with Crippen LogP contribution in [0.5, 0.6) is 11.5 Å². The molecule has 0 N–H and O–H groups in total. The van der Waals surface area contributed by atoms with Crippen molar-refractivity contribution in [1.82, 2.24) is 14.8 Å². The molecule has 0 spiro atoms. The minimum atomic E-state index is -0.423. The number of hydrogen-bond acceptors (Lipinski definition) is 8. The van der Waals surface area contributed by atoms with Crippen molar-refractivity contribution in [2.24, 2.45) is 0 Å². The van der Waals surface area contributed by atoms with Crippen molar-refractivity contribution in [3.63, 3.8) is 0 Å². The summed E-state index contributed by atoms with van der Waals surface area (Å²) < 4.78 is 23.7. The summed E-state index contributed by atoms with van der Waals surface area (Å²) in [6.45, 7) is 4.28. The predicted octanol–water partition coefficient (Wildman–Crippen LogP) is 5.32. The van der Waals surface area contributed by atoms with Gasteiger partial charge in [-0.3, -0.25) is 4.57 Å². The Bertz CT molecular complexity index is 1280. The Morgan fingerprint density at radius 1 is 1.09 bits per heavy atom. The summed E-state index contributed by atoms with van der Waals surface area (Å²) in [5.74, 6) is 3.33. The fourth-order valence-corrected chi connectivity index (χ4v) is 4.35. The number of ether oxygens (including phenoxy) is 3. The van der Waals surface area contributed by atoms with Crippen molar-refractivity contribution in [1.29, 1.82) is 0 Å². The smallest absolute Gasteiger partial charge is 0.341 e. The zero-order valence-corrected chi connectivity index (χ0v) is 20.2. The SMILES string of the molecule is CCOc1ccc(-n2c(SCc3cc(C(=O)OC)c(C)o3)nnc2-c2ccccc2OC)cc1. The summed E-state index contributed by atoms with van der Waals surface area (Å²) in [5, 5.41) is 9.60. The second-order valence-corrected chi connectivity index (χ2v) is 8.17. The summed E-state index contributed by atoms with van der Waals surface area (Å²) in [6.07, 6.45) is 0. The van der Waals surface area contributed by atoms with Crippen LogP contribution in [0.3, 0.4) is 0 Å². The maximum Gasteiger partial charge on any atom is 0.341 e. The van der Waals surface area contributed by atoms with Crippen molar-refractivity contribution in [3.05, 3.63) is 71.7 Å². The van der Waals surface area contributed by atoms with E-state index in [-0.39, 0.29) is 0 Å². The highest BCUT2D eigenvalue weighted by molar-refractivity contribution is 7.98. The first-order valence-electron chi connectivity index (χ1n) is 10.7. The van der Waals surface area contributed by atoms with Gasteiger partial charge in [0.05, 0.1) is 37.8 Å². The number of benzene rings is 2. The first-order chi connectivity index (χ1) is 16.5. The molecule has 176 valence electrons. The first kappa shape index (κ1) is 23.4. The van der Waals surface area contributed by atoms with E-state index in [0.29, 0.717) is 46.2 Å². The maximum absolute atomic E-state index is 11.9. The number of aryl methyl sites for hydroxylation is 1. The van der Waals surface area contributed by atoms with E-state index in [9.17, 15) is 4.79 Å². The van der Waals surface area contributed by atoms with Gasteiger partial charge in [0, 0.05) is 0 Å². The monoisotopic (exact) mass is 479 g/mol. The fraction of sp³-hybridized carbons (Fsp3) is 0.240. The molecule has 0 unspecified atom stereocenters. The van der Waals surface area contributed by atoms with Gasteiger partial charge in [-0.05, 0) is 56.3 Å². The molecular weight excluding hydrogens is 454 g/mol. The Morgan fingerprint density at radius 3 is 2.56 bits per heavy atom. The number of hydrogen-bond donors (Lipinski definition) is 0. The number of carbonyl (C=O) groups is 1. The third kappa shape index (κ3) is 4.79. The molecule has 8 nitrogen and oxygen atoms in total. The number of furan rings is 1. The summed E-state index contributed by atoms with van der Waals surface area (Å²) in [6, 6.07) is 17.1. The lowest BCUT2D eigenvalue weighted by atomic mass is 10.2. The summed E-state index contributed by atoms with van der Waals surface area (Å²) >= 11 is 1.45. The zero-order chi connectivity index (χ0) is 24.1. The second kappa shape index (κ2) is 10.5. The number of para-hydroxylation sites is 1. The Balaban J connectivity index is 1.71. The molecule has 0 atom stereocenters. The topological polar surface area (TPSA) is 88.6 Å². The van der Waals surface area contributed by atoms with Crippen LogP contribution in [0.4, 0.5) is 0 Å². The van der Waals surface area contributed by atoms with Crippen LogP contribution in [-0.2, 0) is 10.5 Å². The van der Waals surface area contributed by atoms with E-state index >= 15 is 0 Å². The number of methoxy groups -OCH3 is 2. The van der Waals surface area contributed by atoms with Gasteiger partial charge in [-0.2, -0.15) is 0 Å². The van der Waals surface area contributed by atoms with E-state index in [1.807, 2.05) is 60.0 Å². The van der Waals surface area contributed by atoms with Gasteiger partial charge in [0.2, 0.25) is 0 Å². The van der Waals surface area contributed by atoms with Gasteiger partial charge in [0.1, 0.15) is 28.6 Å². The number of rotatable bonds is 9. The molecule has 2 heterocycles. The molecule has 0 aliphatic rings. The lowest BCUT2D eigenvalue weighted by Crippen LogP contribution is -2.01. The van der Waals surface area contributed by atoms with Crippen LogP contribution < -0.4 is 9.47 Å². The van der Waals surface area contributed by atoms with E-state index in [2.05, 4.69) is 10.2 Å². The highest BCUT2D eigenvalue weighted by Crippen LogP contribution is 2.35. The molecule has 0 amide bonds. The number of aromatic nitrogens is 3. The molecule has 2 aromatic carbocycles. The maximum atomic E-state index is 11.9. The quantitative estimate of drug-likeness (QED) is 0.235. The average Bonchev–Trinajstić information content (AvgIpc) is 3.46. The van der Waals surface area contributed by atoms with Crippen molar-refractivity contribution >= 4 is 17.7 Å². The van der Waals surface area contributed by atoms with E-state index in [1.54, 1.807) is 20.1 Å². The molecule has 4 rings (SSSR count). The molecule has 34 heavy (non-hydrogen) atoms. The van der Waals surface area contributed by atoms with Crippen molar-refractivity contribution in [2.75, 3.05) is 20.8 Å². The number of nitrogens with zero attached hydrogens (tertiary/aromatic N) is 3. The van der Waals surface area contributed by atoms with E-state index < -0.39 is 5.97 Å². The first-order valence-corrected chi connectivity index (χ1v) is 11.7. The van der Waals surface area contributed by atoms with E-state index in [0.717, 1.165) is 17.0 Å². The summed E-state index contributed by atoms with van der Waals surface area (Å²) in [4.78, 5) is 11.9. The van der Waals surface area contributed by atoms with Crippen molar-refractivity contribution < 1.29 is 23.4 Å². The molecule has 9 heteroatoms. The van der Waals surface area contributed by atoms with Crippen LogP contribution in [-0.4, -0.2) is 41.6 Å². The van der Waals surface area contributed by atoms with E-state index in [1.165, 1.54) is 18.9 Å². The van der Waals surface area contributed by atoms with Gasteiger partial charge in [0.15, 0.2) is 11.0 Å². The minimum absolute atomic E-state index is 0.417. The molecule has 0 saturated heterocycles. The molecule has 0 radical (unpaired) electrons. The van der Waals surface area contributed by atoms with E-state index in [4.69, 9.17) is 18.6 Å².